The van der Waals surface area contributed by atoms with E-state index in [1.807, 2.05) is 6.07 Å². The van der Waals surface area contributed by atoms with E-state index in [0.717, 1.165) is 17.1 Å². The molecule has 0 bridgehead atoms. The predicted octanol–water partition coefficient (Wildman–Crippen LogP) is 0.724. The Morgan fingerprint density at radius 1 is 1.35 bits per heavy atom. The second-order valence-corrected chi connectivity index (χ2v) is 8.16. The number of benzene rings is 1. The summed E-state index contributed by atoms with van der Waals surface area (Å²) in [6.45, 7) is 2.08. The van der Waals surface area contributed by atoms with Gasteiger partial charge in [0, 0.05) is 13.6 Å². The van der Waals surface area contributed by atoms with Gasteiger partial charge in [0.25, 0.3) is 5.91 Å². The molecule has 2 atom stereocenters. The van der Waals surface area contributed by atoms with Crippen molar-refractivity contribution in [2.24, 2.45) is 5.92 Å². The Hall–Kier alpha value is -1.44. The van der Waals surface area contributed by atoms with Gasteiger partial charge >= 0.3 is 0 Å². The molecule has 1 aliphatic carbocycles. The first-order chi connectivity index (χ1) is 10.8. The molecule has 2 N–H and O–H groups in total. The summed E-state index contributed by atoms with van der Waals surface area (Å²) in [6.07, 6.45) is 0.804. The van der Waals surface area contributed by atoms with Gasteiger partial charge in [-0.3, -0.25) is 4.79 Å². The fraction of sp³-hybridized carbons (Fsp3) is 0.562. The lowest BCUT2D eigenvalue weighted by Gasteiger charge is -2.27. The number of sulfonamides is 1. The highest BCUT2D eigenvalue weighted by molar-refractivity contribution is 7.88. The SMILES string of the molecule is CC(C(O)C(=O)NCC1CC1)N(C)S(=O)(=O)Cc1ccccc1. The number of aliphatic hydroxyl groups excluding tert-OH is 1. The molecule has 1 amide bonds. The molecule has 2 rings (SSSR count). The fourth-order valence-electron chi connectivity index (χ4n) is 2.23. The van der Waals surface area contributed by atoms with Gasteiger partial charge < -0.3 is 10.4 Å². The number of hydrogen-bond donors (Lipinski definition) is 2. The highest BCUT2D eigenvalue weighted by atomic mass is 32.2. The number of carbonyl (C=O) groups excluding carboxylic acids is 1. The third-order valence-electron chi connectivity index (χ3n) is 4.19. The van der Waals surface area contributed by atoms with Crippen LogP contribution in [0.1, 0.15) is 25.3 Å². The van der Waals surface area contributed by atoms with Crippen LogP contribution in [0.25, 0.3) is 0 Å². The first kappa shape index (κ1) is 17.9. The quantitative estimate of drug-likeness (QED) is 0.730. The van der Waals surface area contributed by atoms with Crippen LogP contribution < -0.4 is 5.32 Å². The van der Waals surface area contributed by atoms with E-state index in [4.69, 9.17) is 0 Å². The van der Waals surface area contributed by atoms with Crippen LogP contribution in [-0.2, 0) is 20.6 Å². The molecule has 0 heterocycles. The molecule has 0 aromatic heterocycles. The van der Waals surface area contributed by atoms with Crippen molar-refractivity contribution in [3.05, 3.63) is 35.9 Å². The third kappa shape index (κ3) is 5.02. The molecule has 1 saturated carbocycles. The second-order valence-electron chi connectivity index (χ2n) is 6.13. The Morgan fingerprint density at radius 3 is 2.52 bits per heavy atom. The number of nitrogens with zero attached hydrogens (tertiary/aromatic N) is 1. The summed E-state index contributed by atoms with van der Waals surface area (Å²) in [4.78, 5) is 11.9. The predicted molar refractivity (Wildman–Crippen MR) is 88.0 cm³/mol. The molecule has 1 aromatic rings. The van der Waals surface area contributed by atoms with E-state index in [9.17, 15) is 18.3 Å². The number of aliphatic hydroxyl groups is 1. The van der Waals surface area contributed by atoms with Crippen LogP contribution in [0.15, 0.2) is 30.3 Å². The lowest BCUT2D eigenvalue weighted by atomic mass is 10.2. The van der Waals surface area contributed by atoms with E-state index in [1.54, 1.807) is 24.3 Å². The summed E-state index contributed by atoms with van der Waals surface area (Å²) in [5.41, 5.74) is 0.666. The van der Waals surface area contributed by atoms with E-state index in [-0.39, 0.29) is 5.75 Å². The van der Waals surface area contributed by atoms with Gasteiger partial charge in [0.2, 0.25) is 10.0 Å². The minimum atomic E-state index is -3.62. The molecular formula is C16H24N2O4S. The van der Waals surface area contributed by atoms with E-state index in [2.05, 4.69) is 5.32 Å². The van der Waals surface area contributed by atoms with Gasteiger partial charge in [0.05, 0.1) is 11.8 Å². The lowest BCUT2D eigenvalue weighted by Crippen LogP contribution is -2.50. The van der Waals surface area contributed by atoms with Gasteiger partial charge in [0.15, 0.2) is 0 Å². The van der Waals surface area contributed by atoms with Crippen molar-refractivity contribution in [3.63, 3.8) is 0 Å². The summed E-state index contributed by atoms with van der Waals surface area (Å²) < 4.78 is 25.9. The first-order valence-electron chi connectivity index (χ1n) is 7.76. The van der Waals surface area contributed by atoms with Crippen LogP contribution >= 0.6 is 0 Å². The highest BCUT2D eigenvalue weighted by Crippen LogP contribution is 2.27. The van der Waals surface area contributed by atoms with E-state index >= 15 is 0 Å². The monoisotopic (exact) mass is 340 g/mol. The van der Waals surface area contributed by atoms with Gasteiger partial charge in [-0.1, -0.05) is 30.3 Å². The van der Waals surface area contributed by atoms with Gasteiger partial charge in [-0.25, -0.2) is 8.42 Å². The van der Waals surface area contributed by atoms with E-state index < -0.39 is 28.1 Å². The normalized spacial score (nSPS) is 17.7. The second kappa shape index (κ2) is 7.42. The molecule has 1 aliphatic rings. The van der Waals surface area contributed by atoms with Crippen LogP contribution in [0.3, 0.4) is 0 Å². The van der Waals surface area contributed by atoms with Gasteiger partial charge in [-0.2, -0.15) is 4.31 Å². The average Bonchev–Trinajstić information content (AvgIpc) is 3.35. The van der Waals surface area contributed by atoms with Crippen molar-refractivity contribution in [1.82, 2.24) is 9.62 Å². The van der Waals surface area contributed by atoms with E-state index in [0.29, 0.717) is 18.0 Å². The number of nitrogens with one attached hydrogen (secondary N) is 1. The molecule has 128 valence electrons. The molecule has 23 heavy (non-hydrogen) atoms. The molecule has 0 saturated heterocycles. The number of carbonyl (C=O) groups is 1. The number of amides is 1. The zero-order chi connectivity index (χ0) is 17.0. The third-order valence-corrected chi connectivity index (χ3v) is 6.10. The zero-order valence-electron chi connectivity index (χ0n) is 13.5. The first-order valence-corrected chi connectivity index (χ1v) is 9.37. The number of likely N-dealkylation sites (N-methyl/N-ethyl adjacent to an activating group) is 1. The highest BCUT2D eigenvalue weighted by Gasteiger charge is 2.33. The topological polar surface area (TPSA) is 86.7 Å². The number of rotatable bonds is 8. The van der Waals surface area contributed by atoms with Crippen molar-refractivity contribution in [1.29, 1.82) is 0 Å². The Bertz CT molecular complexity index is 629. The van der Waals surface area contributed by atoms with Crippen molar-refractivity contribution in [3.8, 4) is 0 Å². The molecular weight excluding hydrogens is 316 g/mol. The van der Waals surface area contributed by atoms with E-state index in [1.165, 1.54) is 14.0 Å². The fourth-order valence-corrected chi connectivity index (χ4v) is 3.67. The van der Waals surface area contributed by atoms with Crippen molar-refractivity contribution in [2.45, 2.75) is 37.7 Å². The molecule has 0 radical (unpaired) electrons. The lowest BCUT2D eigenvalue weighted by molar-refractivity contribution is -0.131. The Morgan fingerprint density at radius 2 is 1.96 bits per heavy atom. The average molecular weight is 340 g/mol. The van der Waals surface area contributed by atoms with Crippen LogP contribution in [0.5, 0.6) is 0 Å². The van der Waals surface area contributed by atoms with Crippen LogP contribution in [0, 0.1) is 5.92 Å². The standard InChI is InChI=1S/C16H24N2O4S/c1-12(15(19)16(20)17-10-13-8-9-13)18(2)23(21,22)11-14-6-4-3-5-7-14/h3-7,12-13,15,19H,8-11H2,1-2H3,(H,17,20). The van der Waals surface area contributed by atoms with Gasteiger partial charge in [0.1, 0.15) is 6.10 Å². The molecule has 0 aliphatic heterocycles. The molecule has 7 heteroatoms. The van der Waals surface area contributed by atoms with Crippen LogP contribution in [0.4, 0.5) is 0 Å². The van der Waals surface area contributed by atoms with Gasteiger partial charge in [-0.15, -0.1) is 0 Å². The minimum absolute atomic E-state index is 0.162. The van der Waals surface area contributed by atoms with Crippen molar-refractivity contribution >= 4 is 15.9 Å². The number of hydrogen-bond acceptors (Lipinski definition) is 4. The largest absolute Gasteiger partial charge is 0.382 e. The van der Waals surface area contributed by atoms with Crippen LogP contribution in [0.2, 0.25) is 0 Å². The summed E-state index contributed by atoms with van der Waals surface area (Å²) in [6, 6.07) is 7.99. The molecule has 1 fully saturated rings. The van der Waals surface area contributed by atoms with Gasteiger partial charge in [-0.05, 0) is 31.2 Å². The van der Waals surface area contributed by atoms with Crippen LogP contribution in [-0.4, -0.2) is 49.5 Å². The Balaban J connectivity index is 1.95. The molecule has 1 aromatic carbocycles. The zero-order valence-corrected chi connectivity index (χ0v) is 14.3. The van der Waals surface area contributed by atoms with Crippen molar-refractivity contribution in [2.75, 3.05) is 13.6 Å². The Labute approximate surface area is 137 Å². The molecule has 6 nitrogen and oxygen atoms in total. The smallest absolute Gasteiger partial charge is 0.250 e. The maximum Gasteiger partial charge on any atom is 0.250 e. The summed E-state index contributed by atoms with van der Waals surface area (Å²) >= 11 is 0. The van der Waals surface area contributed by atoms with Crippen molar-refractivity contribution < 1.29 is 18.3 Å². The minimum Gasteiger partial charge on any atom is -0.382 e. The maximum atomic E-state index is 12.4. The summed E-state index contributed by atoms with van der Waals surface area (Å²) in [7, 11) is -2.23. The molecule has 0 spiro atoms. The summed E-state index contributed by atoms with van der Waals surface area (Å²) in [5, 5.41) is 12.8. The summed E-state index contributed by atoms with van der Waals surface area (Å²) in [5.74, 6) is -0.183. The maximum absolute atomic E-state index is 12.4. The molecule has 2 unspecified atom stereocenters. The Kier molecular flexibility index (Phi) is 5.78.